The first kappa shape index (κ1) is 15.2. The number of pyridine rings is 1. The van der Waals surface area contributed by atoms with E-state index in [1.54, 1.807) is 24.0 Å². The van der Waals surface area contributed by atoms with Gasteiger partial charge in [-0.15, -0.1) is 0 Å². The van der Waals surface area contributed by atoms with Crippen molar-refractivity contribution in [2.24, 2.45) is 7.05 Å². The fourth-order valence-corrected chi connectivity index (χ4v) is 2.06. The molecule has 2 rings (SSSR count). The Morgan fingerprint density at radius 3 is 2.90 bits per heavy atom. The molecule has 2 aromatic heterocycles. The van der Waals surface area contributed by atoms with Gasteiger partial charge in [-0.2, -0.15) is 5.10 Å². The zero-order chi connectivity index (χ0) is 15.1. The Morgan fingerprint density at radius 2 is 2.24 bits per heavy atom. The number of carbonyl (C=O) groups is 1. The molecule has 0 unspecified atom stereocenters. The lowest BCUT2D eigenvalue weighted by atomic mass is 10.3. The molecule has 0 saturated heterocycles. The van der Waals surface area contributed by atoms with Gasteiger partial charge in [-0.25, -0.2) is 0 Å². The van der Waals surface area contributed by atoms with E-state index in [1.165, 1.54) is 0 Å². The van der Waals surface area contributed by atoms with E-state index in [-0.39, 0.29) is 5.91 Å². The number of rotatable bonds is 7. The summed E-state index contributed by atoms with van der Waals surface area (Å²) in [4.78, 5) is 16.0. The molecule has 6 nitrogen and oxygen atoms in total. The average molecular weight is 287 g/mol. The second kappa shape index (κ2) is 7.54. The van der Waals surface area contributed by atoms with Gasteiger partial charge in [0.2, 0.25) is 0 Å². The van der Waals surface area contributed by atoms with E-state index in [4.69, 9.17) is 0 Å². The van der Waals surface area contributed by atoms with Crippen LogP contribution >= 0.6 is 0 Å². The minimum absolute atomic E-state index is 0.0784. The van der Waals surface area contributed by atoms with E-state index in [9.17, 15) is 4.79 Å². The lowest BCUT2D eigenvalue weighted by Gasteiger charge is -2.06. The van der Waals surface area contributed by atoms with Gasteiger partial charge in [-0.3, -0.25) is 14.5 Å². The SMILES string of the molecule is Cc1cc(C(=O)NCCCNCc2cccnc2)n(C)n1. The molecule has 0 spiro atoms. The largest absolute Gasteiger partial charge is 0.351 e. The highest BCUT2D eigenvalue weighted by Gasteiger charge is 2.10. The van der Waals surface area contributed by atoms with Crippen molar-refractivity contribution in [1.29, 1.82) is 0 Å². The second-order valence-electron chi connectivity index (χ2n) is 4.94. The summed E-state index contributed by atoms with van der Waals surface area (Å²) < 4.78 is 1.60. The molecule has 6 heteroatoms. The van der Waals surface area contributed by atoms with Crippen LogP contribution in [0.25, 0.3) is 0 Å². The minimum atomic E-state index is -0.0784. The van der Waals surface area contributed by atoms with Gasteiger partial charge in [0, 0.05) is 32.5 Å². The molecule has 112 valence electrons. The zero-order valence-electron chi connectivity index (χ0n) is 12.5. The van der Waals surface area contributed by atoms with E-state index in [0.717, 1.165) is 30.8 Å². The minimum Gasteiger partial charge on any atom is -0.351 e. The number of nitrogens with one attached hydrogen (secondary N) is 2. The first-order valence-electron chi connectivity index (χ1n) is 7.05. The van der Waals surface area contributed by atoms with E-state index >= 15 is 0 Å². The van der Waals surface area contributed by atoms with Gasteiger partial charge < -0.3 is 10.6 Å². The number of amides is 1. The molecule has 0 radical (unpaired) electrons. The van der Waals surface area contributed by atoms with Crippen molar-refractivity contribution in [3.05, 3.63) is 47.5 Å². The molecule has 1 amide bonds. The molecule has 0 atom stereocenters. The predicted octanol–water partition coefficient (Wildman–Crippen LogP) is 1.03. The van der Waals surface area contributed by atoms with Gasteiger partial charge in [0.25, 0.3) is 5.91 Å². The van der Waals surface area contributed by atoms with Crippen molar-refractivity contribution in [3.8, 4) is 0 Å². The van der Waals surface area contributed by atoms with Gasteiger partial charge in [-0.1, -0.05) is 6.07 Å². The Balaban J connectivity index is 1.62. The number of carbonyl (C=O) groups excluding carboxylic acids is 1. The molecular weight excluding hydrogens is 266 g/mol. The Labute approximate surface area is 124 Å². The van der Waals surface area contributed by atoms with Gasteiger partial charge in [0.1, 0.15) is 5.69 Å². The third-order valence-electron chi connectivity index (χ3n) is 3.10. The number of nitrogens with zero attached hydrogens (tertiary/aromatic N) is 3. The van der Waals surface area contributed by atoms with Crippen LogP contribution in [-0.4, -0.2) is 33.8 Å². The van der Waals surface area contributed by atoms with Crippen LogP contribution in [-0.2, 0) is 13.6 Å². The summed E-state index contributed by atoms with van der Waals surface area (Å²) in [7, 11) is 1.78. The highest BCUT2D eigenvalue weighted by atomic mass is 16.2. The molecule has 0 fully saturated rings. The third kappa shape index (κ3) is 4.68. The lowest BCUT2D eigenvalue weighted by Crippen LogP contribution is -2.28. The fourth-order valence-electron chi connectivity index (χ4n) is 2.06. The summed E-state index contributed by atoms with van der Waals surface area (Å²) in [5.41, 5.74) is 2.60. The summed E-state index contributed by atoms with van der Waals surface area (Å²) in [5.74, 6) is -0.0784. The summed E-state index contributed by atoms with van der Waals surface area (Å²) in [6.45, 7) is 4.16. The maximum Gasteiger partial charge on any atom is 0.269 e. The lowest BCUT2D eigenvalue weighted by molar-refractivity contribution is 0.0944. The highest BCUT2D eigenvalue weighted by molar-refractivity contribution is 5.92. The van der Waals surface area contributed by atoms with Crippen LogP contribution in [0.15, 0.2) is 30.6 Å². The van der Waals surface area contributed by atoms with Crippen molar-refractivity contribution >= 4 is 5.91 Å². The van der Waals surface area contributed by atoms with Crippen LogP contribution in [0.3, 0.4) is 0 Å². The number of hydrogen-bond donors (Lipinski definition) is 2. The molecule has 0 aliphatic heterocycles. The first-order valence-corrected chi connectivity index (χ1v) is 7.05. The quantitative estimate of drug-likeness (QED) is 0.746. The van der Waals surface area contributed by atoms with Crippen LogP contribution in [0.2, 0.25) is 0 Å². The molecule has 0 aromatic carbocycles. The van der Waals surface area contributed by atoms with Gasteiger partial charge in [-0.05, 0) is 37.6 Å². The molecule has 0 saturated carbocycles. The average Bonchev–Trinajstić information content (AvgIpc) is 2.82. The molecule has 0 aliphatic rings. The molecular formula is C15H21N5O. The van der Waals surface area contributed by atoms with Crippen molar-refractivity contribution in [3.63, 3.8) is 0 Å². The Bertz CT molecular complexity index is 579. The summed E-state index contributed by atoms with van der Waals surface area (Å²) in [6.07, 6.45) is 4.49. The van der Waals surface area contributed by atoms with E-state index in [0.29, 0.717) is 12.2 Å². The van der Waals surface area contributed by atoms with E-state index in [2.05, 4.69) is 20.7 Å². The van der Waals surface area contributed by atoms with Crippen LogP contribution < -0.4 is 10.6 Å². The molecule has 2 heterocycles. The predicted molar refractivity (Wildman–Crippen MR) is 80.8 cm³/mol. The molecule has 0 aliphatic carbocycles. The van der Waals surface area contributed by atoms with Gasteiger partial charge in [0.05, 0.1) is 5.69 Å². The number of hydrogen-bond acceptors (Lipinski definition) is 4. The van der Waals surface area contributed by atoms with Gasteiger partial charge >= 0.3 is 0 Å². The van der Waals surface area contributed by atoms with Crippen molar-refractivity contribution in [2.75, 3.05) is 13.1 Å². The molecule has 2 N–H and O–H groups in total. The first-order chi connectivity index (χ1) is 10.2. The Kier molecular flexibility index (Phi) is 5.45. The Morgan fingerprint density at radius 1 is 1.38 bits per heavy atom. The van der Waals surface area contributed by atoms with Crippen LogP contribution in [0.4, 0.5) is 0 Å². The van der Waals surface area contributed by atoms with Crippen LogP contribution in [0.5, 0.6) is 0 Å². The highest BCUT2D eigenvalue weighted by Crippen LogP contribution is 2.01. The molecule has 0 bridgehead atoms. The summed E-state index contributed by atoms with van der Waals surface area (Å²) in [5, 5.41) is 10.4. The maximum absolute atomic E-state index is 11.9. The van der Waals surface area contributed by atoms with Crippen LogP contribution in [0, 0.1) is 6.92 Å². The number of aryl methyl sites for hydroxylation is 2. The molecule has 2 aromatic rings. The topological polar surface area (TPSA) is 71.8 Å². The van der Waals surface area contributed by atoms with Crippen molar-refractivity contribution < 1.29 is 4.79 Å². The van der Waals surface area contributed by atoms with Crippen molar-refractivity contribution in [2.45, 2.75) is 19.9 Å². The summed E-state index contributed by atoms with van der Waals surface area (Å²) in [6, 6.07) is 5.75. The standard InChI is InChI=1S/C15H21N5O/c1-12-9-14(20(2)19-12)15(21)18-8-4-7-17-11-13-5-3-6-16-10-13/h3,5-6,9-10,17H,4,7-8,11H2,1-2H3,(H,18,21). The summed E-state index contributed by atoms with van der Waals surface area (Å²) >= 11 is 0. The van der Waals surface area contributed by atoms with E-state index < -0.39 is 0 Å². The van der Waals surface area contributed by atoms with Gasteiger partial charge in [0.15, 0.2) is 0 Å². The Hall–Kier alpha value is -2.21. The maximum atomic E-state index is 11.9. The fraction of sp³-hybridized carbons (Fsp3) is 0.400. The normalized spacial score (nSPS) is 10.6. The van der Waals surface area contributed by atoms with Crippen molar-refractivity contribution in [1.82, 2.24) is 25.4 Å². The smallest absolute Gasteiger partial charge is 0.269 e. The zero-order valence-corrected chi connectivity index (χ0v) is 12.5. The number of aromatic nitrogens is 3. The second-order valence-corrected chi connectivity index (χ2v) is 4.94. The van der Waals surface area contributed by atoms with E-state index in [1.807, 2.05) is 25.3 Å². The molecule has 21 heavy (non-hydrogen) atoms. The third-order valence-corrected chi connectivity index (χ3v) is 3.10. The van der Waals surface area contributed by atoms with Crippen LogP contribution in [0.1, 0.15) is 28.2 Å². The monoisotopic (exact) mass is 287 g/mol.